The van der Waals surface area contributed by atoms with E-state index in [2.05, 4.69) is 10.2 Å². The highest BCUT2D eigenvalue weighted by atomic mass is 28.4. The first kappa shape index (κ1) is 21.6. The van der Waals surface area contributed by atoms with Crippen LogP contribution in [-0.4, -0.2) is 63.8 Å². The Kier molecular flexibility index (Phi) is 11.4. The van der Waals surface area contributed by atoms with Gasteiger partial charge in [-0.25, -0.2) is 9.59 Å². The molecule has 0 saturated carbocycles. The van der Waals surface area contributed by atoms with Crippen LogP contribution in [0.1, 0.15) is 34.1 Å². The standard InChI is InChI=1S/C13H27N3O6Si/c1-5-16(12(17)14-15-13(18)19)10-9-11-23(20-6-2,21-7-3)22-8-4/h5-11H2,1-4H3,(H,18,19). The summed E-state index contributed by atoms with van der Waals surface area (Å²) >= 11 is 0. The van der Waals surface area contributed by atoms with Gasteiger partial charge in [-0.1, -0.05) is 10.2 Å². The van der Waals surface area contributed by atoms with Gasteiger partial charge in [0.2, 0.25) is 0 Å². The SMILES string of the molecule is CCO[Si](CCCN(CC)C(=O)N=NC(=O)O)(OCC)OCC. The van der Waals surface area contributed by atoms with Gasteiger partial charge in [-0.3, -0.25) is 0 Å². The number of hydrogen-bond acceptors (Lipinski definition) is 5. The molecule has 9 nitrogen and oxygen atoms in total. The van der Waals surface area contributed by atoms with E-state index >= 15 is 0 Å². The van der Waals surface area contributed by atoms with Gasteiger partial charge in [-0.15, -0.1) is 0 Å². The van der Waals surface area contributed by atoms with Gasteiger partial charge in [0.05, 0.1) is 0 Å². The smallest absolute Gasteiger partial charge is 0.462 e. The van der Waals surface area contributed by atoms with Gasteiger partial charge in [0.1, 0.15) is 0 Å². The van der Waals surface area contributed by atoms with Crippen molar-refractivity contribution in [2.24, 2.45) is 10.2 Å². The third-order valence-electron chi connectivity index (χ3n) is 2.88. The molecule has 10 heteroatoms. The molecule has 0 saturated heterocycles. The zero-order valence-corrected chi connectivity index (χ0v) is 15.3. The van der Waals surface area contributed by atoms with Crippen molar-refractivity contribution in [2.45, 2.75) is 40.2 Å². The Morgan fingerprint density at radius 2 is 1.52 bits per heavy atom. The number of carboxylic acid groups (broad SMARTS) is 1. The zero-order valence-electron chi connectivity index (χ0n) is 14.3. The van der Waals surface area contributed by atoms with E-state index in [1.807, 2.05) is 20.8 Å². The van der Waals surface area contributed by atoms with Crippen LogP contribution in [0.4, 0.5) is 9.59 Å². The first-order valence-electron chi connectivity index (χ1n) is 7.80. The molecule has 0 aliphatic heterocycles. The highest BCUT2D eigenvalue weighted by Crippen LogP contribution is 2.18. The minimum Gasteiger partial charge on any atom is -0.462 e. The maximum absolute atomic E-state index is 11.7. The maximum atomic E-state index is 11.7. The number of carbonyl (C=O) groups is 2. The summed E-state index contributed by atoms with van der Waals surface area (Å²) in [5, 5.41) is 14.4. The average Bonchev–Trinajstić information content (AvgIpc) is 2.50. The quantitative estimate of drug-likeness (QED) is 0.453. The van der Waals surface area contributed by atoms with Crippen LogP contribution in [-0.2, 0) is 13.3 Å². The van der Waals surface area contributed by atoms with Crippen LogP contribution >= 0.6 is 0 Å². The number of urea groups is 1. The Labute approximate surface area is 138 Å². The van der Waals surface area contributed by atoms with E-state index in [1.54, 1.807) is 6.92 Å². The van der Waals surface area contributed by atoms with E-state index in [-0.39, 0.29) is 0 Å². The molecule has 23 heavy (non-hydrogen) atoms. The highest BCUT2D eigenvalue weighted by Gasteiger charge is 2.39. The molecule has 0 aliphatic rings. The summed E-state index contributed by atoms with van der Waals surface area (Å²) in [7, 11) is -2.73. The van der Waals surface area contributed by atoms with Crippen LogP contribution in [0.3, 0.4) is 0 Å². The van der Waals surface area contributed by atoms with Gasteiger partial charge < -0.3 is 23.3 Å². The van der Waals surface area contributed by atoms with E-state index in [0.29, 0.717) is 45.4 Å². The number of rotatable bonds is 11. The Hall–Kier alpha value is -1.36. The largest absolute Gasteiger partial charge is 0.500 e. The van der Waals surface area contributed by atoms with E-state index in [1.165, 1.54) is 4.90 Å². The van der Waals surface area contributed by atoms with E-state index in [0.717, 1.165) is 0 Å². The van der Waals surface area contributed by atoms with Crippen LogP contribution in [0.5, 0.6) is 0 Å². The van der Waals surface area contributed by atoms with Gasteiger partial charge in [-0.05, 0) is 34.1 Å². The molecule has 0 aliphatic carbocycles. The number of nitrogens with zero attached hydrogens (tertiary/aromatic N) is 3. The van der Waals surface area contributed by atoms with Crippen LogP contribution in [0, 0.1) is 0 Å². The summed E-state index contributed by atoms with van der Waals surface area (Å²) in [6, 6.07) is -0.103. The van der Waals surface area contributed by atoms with Crippen molar-refractivity contribution in [1.82, 2.24) is 4.90 Å². The predicted molar refractivity (Wildman–Crippen MR) is 85.6 cm³/mol. The Bertz CT molecular complexity index is 377. The highest BCUT2D eigenvalue weighted by molar-refractivity contribution is 6.60. The van der Waals surface area contributed by atoms with Crippen LogP contribution in [0.2, 0.25) is 6.04 Å². The van der Waals surface area contributed by atoms with E-state index < -0.39 is 20.9 Å². The Morgan fingerprint density at radius 1 is 1.00 bits per heavy atom. The topological polar surface area (TPSA) is 110 Å². The molecule has 0 unspecified atom stereocenters. The van der Waals surface area contributed by atoms with E-state index in [9.17, 15) is 9.59 Å². The fourth-order valence-corrected chi connectivity index (χ4v) is 4.62. The summed E-state index contributed by atoms with van der Waals surface area (Å²) in [6.07, 6.45) is -0.890. The first-order chi connectivity index (χ1) is 10.9. The minimum atomic E-state index is -2.73. The second-order valence-electron chi connectivity index (χ2n) is 4.43. The lowest BCUT2D eigenvalue weighted by molar-refractivity contribution is 0.0701. The lowest BCUT2D eigenvalue weighted by Gasteiger charge is -2.29. The Morgan fingerprint density at radius 3 is 1.91 bits per heavy atom. The second-order valence-corrected chi connectivity index (χ2v) is 7.16. The van der Waals surface area contributed by atoms with Crippen LogP contribution in [0.25, 0.3) is 0 Å². The van der Waals surface area contributed by atoms with Gasteiger partial charge in [0.15, 0.2) is 0 Å². The molecule has 134 valence electrons. The predicted octanol–water partition coefficient (Wildman–Crippen LogP) is 3.00. The summed E-state index contributed by atoms with van der Waals surface area (Å²) in [5.41, 5.74) is 0. The third kappa shape index (κ3) is 8.74. The second kappa shape index (κ2) is 12.1. The number of amides is 3. The molecule has 0 aromatic heterocycles. The molecule has 0 heterocycles. The molecule has 0 aromatic rings. The maximum Gasteiger partial charge on any atom is 0.500 e. The van der Waals surface area contributed by atoms with Gasteiger partial charge in [0, 0.05) is 39.0 Å². The zero-order chi connectivity index (χ0) is 17.7. The molecule has 0 radical (unpaired) electrons. The molecule has 0 rings (SSSR count). The average molecular weight is 349 g/mol. The molecule has 0 spiro atoms. The fraction of sp³-hybridized carbons (Fsp3) is 0.846. The molecular formula is C13H27N3O6Si. The van der Waals surface area contributed by atoms with Crippen molar-refractivity contribution in [3.8, 4) is 0 Å². The Balaban J connectivity index is 4.64. The van der Waals surface area contributed by atoms with Gasteiger partial charge in [0.25, 0.3) is 0 Å². The number of hydrogen-bond donors (Lipinski definition) is 1. The van der Waals surface area contributed by atoms with Crippen molar-refractivity contribution >= 4 is 20.9 Å². The van der Waals surface area contributed by atoms with Crippen molar-refractivity contribution in [3.63, 3.8) is 0 Å². The molecule has 3 amide bonds. The summed E-state index contributed by atoms with van der Waals surface area (Å²) in [6.45, 7) is 9.72. The minimum absolute atomic E-state index is 0.399. The van der Waals surface area contributed by atoms with E-state index in [4.69, 9.17) is 18.4 Å². The van der Waals surface area contributed by atoms with Gasteiger partial charge >= 0.3 is 20.9 Å². The van der Waals surface area contributed by atoms with Crippen LogP contribution in [0.15, 0.2) is 10.2 Å². The van der Waals surface area contributed by atoms with Crippen molar-refractivity contribution in [1.29, 1.82) is 0 Å². The summed E-state index contributed by atoms with van der Waals surface area (Å²) in [4.78, 5) is 23.4. The van der Waals surface area contributed by atoms with Crippen molar-refractivity contribution in [2.75, 3.05) is 32.9 Å². The first-order valence-corrected chi connectivity index (χ1v) is 9.73. The van der Waals surface area contributed by atoms with Gasteiger partial charge in [-0.2, -0.15) is 0 Å². The fourth-order valence-electron chi connectivity index (χ4n) is 2.03. The molecular weight excluding hydrogens is 322 g/mol. The molecule has 0 fully saturated rings. The number of azo groups is 1. The molecule has 0 bridgehead atoms. The number of carbonyl (C=O) groups excluding carboxylic acids is 1. The monoisotopic (exact) mass is 349 g/mol. The molecule has 1 N–H and O–H groups in total. The van der Waals surface area contributed by atoms with Crippen molar-refractivity contribution in [3.05, 3.63) is 0 Å². The molecule has 0 atom stereocenters. The summed E-state index contributed by atoms with van der Waals surface area (Å²) < 4.78 is 17.2. The normalized spacial score (nSPS) is 11.8. The lowest BCUT2D eigenvalue weighted by atomic mass is 10.4. The lowest BCUT2D eigenvalue weighted by Crippen LogP contribution is -2.46. The third-order valence-corrected chi connectivity index (χ3v) is 6.03. The van der Waals surface area contributed by atoms with Crippen molar-refractivity contribution < 1.29 is 28.0 Å². The molecule has 0 aromatic carbocycles. The summed E-state index contributed by atoms with van der Waals surface area (Å²) in [5.74, 6) is 0. The van der Waals surface area contributed by atoms with Crippen LogP contribution < -0.4 is 0 Å².